The van der Waals surface area contributed by atoms with Gasteiger partial charge in [0, 0.05) is 10.4 Å². The van der Waals surface area contributed by atoms with Gasteiger partial charge in [0.15, 0.2) is 5.82 Å². The highest BCUT2D eigenvalue weighted by Crippen LogP contribution is 2.44. The van der Waals surface area contributed by atoms with Crippen LogP contribution in [0.2, 0.25) is 0 Å². The van der Waals surface area contributed by atoms with E-state index >= 15 is 0 Å². The smallest absolute Gasteiger partial charge is 0.235 e. The molecule has 0 fully saturated rings. The fraction of sp³-hybridized carbons (Fsp3) is 0.391. The molecule has 6 nitrogen and oxygen atoms in total. The van der Waals surface area contributed by atoms with Crippen LogP contribution >= 0.6 is 23.1 Å². The number of thiophene rings is 1. The van der Waals surface area contributed by atoms with Crippen molar-refractivity contribution < 1.29 is 4.79 Å². The van der Waals surface area contributed by atoms with E-state index in [0.29, 0.717) is 27.5 Å². The van der Waals surface area contributed by atoms with Gasteiger partial charge in [-0.2, -0.15) is 5.26 Å². The lowest BCUT2D eigenvalue weighted by Gasteiger charge is -2.33. The lowest BCUT2D eigenvalue weighted by molar-refractivity contribution is -0.113. The molecule has 0 unspecified atom stereocenters. The number of nitrogens with one attached hydrogen (secondary N) is 2. The fourth-order valence-corrected chi connectivity index (χ4v) is 5.75. The third kappa shape index (κ3) is 4.83. The molecule has 1 aromatic carbocycles. The number of carbonyl (C=O) groups excluding carboxylic acids is 1. The maximum Gasteiger partial charge on any atom is 0.235 e. The van der Waals surface area contributed by atoms with Gasteiger partial charge in [0.25, 0.3) is 0 Å². The lowest BCUT2D eigenvalue weighted by Crippen LogP contribution is -2.26. The van der Waals surface area contributed by atoms with E-state index in [4.69, 9.17) is 0 Å². The van der Waals surface area contributed by atoms with Crippen LogP contribution in [0.25, 0.3) is 11.4 Å². The normalized spacial score (nSPS) is 15.9. The number of aromatic nitrogens is 3. The summed E-state index contributed by atoms with van der Waals surface area (Å²) in [6, 6.07) is 12.0. The van der Waals surface area contributed by atoms with E-state index in [1.54, 1.807) is 11.3 Å². The molecule has 1 amide bonds. The predicted molar refractivity (Wildman–Crippen MR) is 125 cm³/mol. The summed E-state index contributed by atoms with van der Waals surface area (Å²) in [5.74, 6) is 1.30. The maximum absolute atomic E-state index is 12.6. The highest BCUT2D eigenvalue weighted by atomic mass is 32.2. The van der Waals surface area contributed by atoms with E-state index < -0.39 is 0 Å². The van der Waals surface area contributed by atoms with Crippen LogP contribution in [0, 0.1) is 22.7 Å². The number of nitrogens with zero attached hydrogens (tertiary/aromatic N) is 3. The van der Waals surface area contributed by atoms with Crippen molar-refractivity contribution in [2.75, 3.05) is 11.1 Å². The molecule has 1 atom stereocenters. The first-order valence-corrected chi connectivity index (χ1v) is 12.1. The van der Waals surface area contributed by atoms with E-state index in [-0.39, 0.29) is 17.1 Å². The number of fused-ring (bicyclic) bond motifs is 1. The number of thioether (sulfide) groups is 1. The number of amides is 1. The molecule has 2 aromatic heterocycles. The molecule has 1 aliphatic rings. The van der Waals surface area contributed by atoms with Crippen LogP contribution in [0.5, 0.6) is 0 Å². The molecule has 0 spiro atoms. The maximum atomic E-state index is 12.6. The van der Waals surface area contributed by atoms with Crippen molar-refractivity contribution in [3.8, 4) is 17.5 Å². The monoisotopic (exact) mass is 451 g/mol. The molecule has 2 heterocycles. The summed E-state index contributed by atoms with van der Waals surface area (Å²) >= 11 is 2.83. The first-order valence-electron chi connectivity index (χ1n) is 10.3. The third-order valence-corrected chi connectivity index (χ3v) is 7.72. The Balaban J connectivity index is 1.40. The van der Waals surface area contributed by atoms with Crippen molar-refractivity contribution in [1.29, 1.82) is 5.26 Å². The van der Waals surface area contributed by atoms with Gasteiger partial charge in [-0.05, 0) is 36.2 Å². The zero-order valence-corrected chi connectivity index (χ0v) is 19.5. The Morgan fingerprint density at radius 1 is 1.35 bits per heavy atom. The first kappa shape index (κ1) is 21.6. The highest BCUT2D eigenvalue weighted by molar-refractivity contribution is 7.99. The molecule has 0 saturated heterocycles. The number of hydrogen-bond acceptors (Lipinski definition) is 6. The molecule has 0 saturated carbocycles. The standard InChI is InChI=1S/C23H25N5OS2/c1-23(2,3)15-9-10-16-17(12-24)21(31-18(16)11-15)25-19(29)13-30-22-26-20(27-28-22)14-7-5-4-6-8-14/h4-8,15H,9-11,13H2,1-3H3,(H,25,29)(H,26,27,28)/t15-/m0/s1. The van der Waals surface area contributed by atoms with Crippen molar-refractivity contribution in [2.24, 2.45) is 11.3 Å². The molecule has 0 bridgehead atoms. The predicted octanol–water partition coefficient (Wildman–Crippen LogP) is 5.29. The van der Waals surface area contributed by atoms with Gasteiger partial charge in [0.05, 0.1) is 11.3 Å². The number of anilines is 1. The van der Waals surface area contributed by atoms with Crippen LogP contribution in [0.15, 0.2) is 35.5 Å². The molecule has 2 N–H and O–H groups in total. The molecule has 3 aromatic rings. The summed E-state index contributed by atoms with van der Waals surface area (Å²) in [5.41, 5.74) is 2.94. The quantitative estimate of drug-likeness (QED) is 0.514. The number of hydrogen-bond donors (Lipinski definition) is 2. The number of rotatable bonds is 5. The second-order valence-corrected chi connectivity index (χ2v) is 10.8. The molecular formula is C23H25N5OS2. The minimum atomic E-state index is -0.154. The molecule has 0 radical (unpaired) electrons. The van der Waals surface area contributed by atoms with Crippen LogP contribution in [0.4, 0.5) is 5.00 Å². The SMILES string of the molecule is CC(C)(C)[C@H]1CCc2c(sc(NC(=O)CSc3n[nH]c(-c4ccccc4)n3)c2C#N)C1. The van der Waals surface area contributed by atoms with Crippen LogP contribution in [0.1, 0.15) is 43.2 Å². The minimum absolute atomic E-state index is 0.154. The van der Waals surface area contributed by atoms with E-state index in [0.717, 1.165) is 30.4 Å². The number of nitriles is 1. The van der Waals surface area contributed by atoms with Crippen LogP contribution in [-0.2, 0) is 17.6 Å². The summed E-state index contributed by atoms with van der Waals surface area (Å²) in [6.45, 7) is 6.81. The first-order chi connectivity index (χ1) is 14.8. The molecule has 4 rings (SSSR count). The summed E-state index contributed by atoms with van der Waals surface area (Å²) in [6.07, 6.45) is 2.96. The average Bonchev–Trinajstić information content (AvgIpc) is 3.36. The van der Waals surface area contributed by atoms with Gasteiger partial charge >= 0.3 is 0 Å². The summed E-state index contributed by atoms with van der Waals surface area (Å²) in [7, 11) is 0. The molecule has 160 valence electrons. The van der Waals surface area contributed by atoms with Gasteiger partial charge in [0.1, 0.15) is 11.1 Å². The molecule has 31 heavy (non-hydrogen) atoms. The third-order valence-electron chi connectivity index (χ3n) is 5.70. The number of carbonyl (C=O) groups is 1. The van der Waals surface area contributed by atoms with E-state index in [1.165, 1.54) is 16.6 Å². The zero-order chi connectivity index (χ0) is 22.0. The van der Waals surface area contributed by atoms with Gasteiger partial charge in [-0.3, -0.25) is 9.89 Å². The second-order valence-electron chi connectivity index (χ2n) is 8.79. The average molecular weight is 452 g/mol. The largest absolute Gasteiger partial charge is 0.316 e. The molecular weight excluding hydrogens is 426 g/mol. The summed E-state index contributed by atoms with van der Waals surface area (Å²) in [5, 5.41) is 20.9. The summed E-state index contributed by atoms with van der Waals surface area (Å²) < 4.78 is 0. The zero-order valence-electron chi connectivity index (χ0n) is 17.9. The summed E-state index contributed by atoms with van der Waals surface area (Å²) in [4.78, 5) is 18.3. The van der Waals surface area contributed by atoms with Crippen molar-refractivity contribution in [1.82, 2.24) is 15.2 Å². The van der Waals surface area contributed by atoms with Gasteiger partial charge < -0.3 is 5.32 Å². The highest BCUT2D eigenvalue weighted by Gasteiger charge is 2.32. The Bertz CT molecular complexity index is 1120. The Morgan fingerprint density at radius 2 is 2.13 bits per heavy atom. The number of aromatic amines is 1. The fourth-order valence-electron chi connectivity index (χ4n) is 3.86. The second kappa shape index (κ2) is 8.85. The molecule has 1 aliphatic carbocycles. The van der Waals surface area contributed by atoms with Crippen molar-refractivity contribution >= 4 is 34.0 Å². The van der Waals surface area contributed by atoms with Crippen molar-refractivity contribution in [2.45, 2.75) is 45.2 Å². The van der Waals surface area contributed by atoms with E-state index in [1.807, 2.05) is 30.3 Å². The van der Waals surface area contributed by atoms with Gasteiger partial charge in [-0.15, -0.1) is 16.4 Å². The molecule has 0 aliphatic heterocycles. The lowest BCUT2D eigenvalue weighted by atomic mass is 9.72. The van der Waals surface area contributed by atoms with Gasteiger partial charge in [-0.1, -0.05) is 62.9 Å². The Morgan fingerprint density at radius 3 is 2.84 bits per heavy atom. The molecule has 8 heteroatoms. The van der Waals surface area contributed by atoms with E-state index in [2.05, 4.69) is 47.3 Å². The van der Waals surface area contributed by atoms with Gasteiger partial charge in [-0.25, -0.2) is 4.98 Å². The van der Waals surface area contributed by atoms with E-state index in [9.17, 15) is 10.1 Å². The van der Waals surface area contributed by atoms with Crippen LogP contribution < -0.4 is 5.32 Å². The Hall–Kier alpha value is -2.63. The van der Waals surface area contributed by atoms with Crippen LogP contribution in [-0.4, -0.2) is 26.8 Å². The number of benzene rings is 1. The Kier molecular flexibility index (Phi) is 6.17. The van der Waals surface area contributed by atoms with Gasteiger partial charge in [0.2, 0.25) is 11.1 Å². The van der Waals surface area contributed by atoms with Crippen molar-refractivity contribution in [3.63, 3.8) is 0 Å². The van der Waals surface area contributed by atoms with Crippen molar-refractivity contribution in [3.05, 3.63) is 46.3 Å². The number of H-pyrrole nitrogens is 1. The Labute approximate surface area is 190 Å². The minimum Gasteiger partial charge on any atom is -0.316 e. The van der Waals surface area contributed by atoms with Crippen LogP contribution in [0.3, 0.4) is 0 Å². The topological polar surface area (TPSA) is 94.5 Å².